The third-order valence-corrected chi connectivity index (χ3v) is 4.01. The SMILES string of the molecule is Cc1cc2c(NCCCC3CC3)ccc([N+](=O)[O-])c2cn1. The normalized spacial score (nSPS) is 14.3. The summed E-state index contributed by atoms with van der Waals surface area (Å²) in [5, 5.41) is 16.0. The average molecular weight is 285 g/mol. The Bertz CT molecular complexity index is 681. The molecular formula is C16H19N3O2. The maximum absolute atomic E-state index is 11.1. The van der Waals surface area contributed by atoms with Gasteiger partial charge in [-0.15, -0.1) is 0 Å². The number of nitro benzene ring substituents is 1. The van der Waals surface area contributed by atoms with E-state index in [1.165, 1.54) is 19.3 Å². The van der Waals surface area contributed by atoms with Crippen LogP contribution in [0.5, 0.6) is 0 Å². The number of pyridine rings is 1. The van der Waals surface area contributed by atoms with Crippen LogP contribution < -0.4 is 5.32 Å². The minimum atomic E-state index is -0.351. The van der Waals surface area contributed by atoms with Crippen molar-refractivity contribution in [1.82, 2.24) is 4.98 Å². The summed E-state index contributed by atoms with van der Waals surface area (Å²) in [6, 6.07) is 5.27. The molecule has 21 heavy (non-hydrogen) atoms. The van der Waals surface area contributed by atoms with Crippen molar-refractivity contribution in [2.45, 2.75) is 32.6 Å². The Labute approximate surface area is 123 Å². The molecule has 0 unspecified atom stereocenters. The van der Waals surface area contributed by atoms with E-state index in [4.69, 9.17) is 0 Å². The topological polar surface area (TPSA) is 68.1 Å². The van der Waals surface area contributed by atoms with Gasteiger partial charge in [-0.25, -0.2) is 0 Å². The predicted octanol–water partition coefficient (Wildman–Crippen LogP) is 4.05. The Morgan fingerprint density at radius 3 is 2.90 bits per heavy atom. The minimum Gasteiger partial charge on any atom is -0.385 e. The van der Waals surface area contributed by atoms with Gasteiger partial charge in [0.2, 0.25) is 0 Å². The number of nitrogens with zero attached hydrogens (tertiary/aromatic N) is 2. The van der Waals surface area contributed by atoms with E-state index in [0.29, 0.717) is 5.39 Å². The Morgan fingerprint density at radius 2 is 2.19 bits per heavy atom. The number of rotatable bonds is 6. The molecule has 0 amide bonds. The van der Waals surface area contributed by atoms with Gasteiger partial charge in [-0.1, -0.05) is 12.8 Å². The van der Waals surface area contributed by atoms with Gasteiger partial charge in [-0.3, -0.25) is 15.1 Å². The van der Waals surface area contributed by atoms with E-state index in [1.807, 2.05) is 13.0 Å². The number of fused-ring (bicyclic) bond motifs is 1. The first-order valence-corrected chi connectivity index (χ1v) is 7.43. The summed E-state index contributed by atoms with van der Waals surface area (Å²) in [6.45, 7) is 2.81. The van der Waals surface area contributed by atoms with Crippen molar-refractivity contribution in [3.05, 3.63) is 40.2 Å². The van der Waals surface area contributed by atoms with Gasteiger partial charge in [0.15, 0.2) is 0 Å². The summed E-state index contributed by atoms with van der Waals surface area (Å²) in [6.07, 6.45) is 6.78. The van der Waals surface area contributed by atoms with E-state index in [2.05, 4.69) is 10.3 Å². The van der Waals surface area contributed by atoms with E-state index in [-0.39, 0.29) is 10.6 Å². The molecule has 1 heterocycles. The van der Waals surface area contributed by atoms with Crippen LogP contribution in [0.2, 0.25) is 0 Å². The first kappa shape index (κ1) is 13.8. The lowest BCUT2D eigenvalue weighted by atomic mass is 10.1. The summed E-state index contributed by atoms with van der Waals surface area (Å²) in [5.74, 6) is 0.937. The van der Waals surface area contributed by atoms with Gasteiger partial charge in [0.1, 0.15) is 0 Å². The van der Waals surface area contributed by atoms with E-state index in [1.54, 1.807) is 18.3 Å². The van der Waals surface area contributed by atoms with Crippen LogP contribution in [0.4, 0.5) is 11.4 Å². The molecule has 1 fully saturated rings. The molecule has 1 saturated carbocycles. The Hall–Kier alpha value is -2.17. The number of hydrogen-bond donors (Lipinski definition) is 1. The molecule has 1 aliphatic carbocycles. The van der Waals surface area contributed by atoms with Crippen LogP contribution in [0.15, 0.2) is 24.4 Å². The molecule has 0 spiro atoms. The Balaban J connectivity index is 1.84. The quantitative estimate of drug-likeness (QED) is 0.494. The molecule has 5 nitrogen and oxygen atoms in total. The van der Waals surface area contributed by atoms with Crippen molar-refractivity contribution in [3.63, 3.8) is 0 Å². The van der Waals surface area contributed by atoms with Crippen LogP contribution in [-0.2, 0) is 0 Å². The van der Waals surface area contributed by atoms with Crippen molar-refractivity contribution >= 4 is 22.1 Å². The Kier molecular flexibility index (Phi) is 3.73. The number of nitro groups is 1. The molecule has 5 heteroatoms. The average Bonchev–Trinajstić information content (AvgIpc) is 3.27. The second-order valence-corrected chi connectivity index (χ2v) is 5.77. The zero-order chi connectivity index (χ0) is 14.8. The highest BCUT2D eigenvalue weighted by molar-refractivity contribution is 5.99. The fourth-order valence-corrected chi connectivity index (χ4v) is 2.66. The predicted molar refractivity (Wildman–Crippen MR) is 83.6 cm³/mol. The lowest BCUT2D eigenvalue weighted by molar-refractivity contribution is -0.383. The molecule has 0 radical (unpaired) electrons. The van der Waals surface area contributed by atoms with Crippen LogP contribution in [0.1, 0.15) is 31.4 Å². The van der Waals surface area contributed by atoms with Gasteiger partial charge in [0, 0.05) is 35.6 Å². The molecule has 0 atom stereocenters. The molecule has 1 aromatic heterocycles. The highest BCUT2D eigenvalue weighted by Crippen LogP contribution is 2.34. The fourth-order valence-electron chi connectivity index (χ4n) is 2.66. The lowest BCUT2D eigenvalue weighted by Crippen LogP contribution is -2.03. The molecule has 2 aromatic rings. The van der Waals surface area contributed by atoms with Gasteiger partial charge in [0.25, 0.3) is 5.69 Å². The highest BCUT2D eigenvalue weighted by Gasteiger charge is 2.20. The summed E-state index contributed by atoms with van der Waals surface area (Å²) in [7, 11) is 0. The van der Waals surface area contributed by atoms with Crippen LogP contribution >= 0.6 is 0 Å². The van der Waals surface area contributed by atoms with Gasteiger partial charge >= 0.3 is 0 Å². The molecule has 3 rings (SSSR count). The van der Waals surface area contributed by atoms with E-state index in [0.717, 1.165) is 35.7 Å². The fraction of sp³-hybridized carbons (Fsp3) is 0.438. The largest absolute Gasteiger partial charge is 0.385 e. The van der Waals surface area contributed by atoms with Gasteiger partial charge in [-0.2, -0.15) is 0 Å². The van der Waals surface area contributed by atoms with Gasteiger partial charge < -0.3 is 5.32 Å². The maximum Gasteiger partial charge on any atom is 0.278 e. The van der Waals surface area contributed by atoms with Crippen molar-refractivity contribution in [2.75, 3.05) is 11.9 Å². The van der Waals surface area contributed by atoms with Gasteiger partial charge in [-0.05, 0) is 37.8 Å². The smallest absolute Gasteiger partial charge is 0.278 e. The molecule has 1 N–H and O–H groups in total. The van der Waals surface area contributed by atoms with Crippen LogP contribution in [-0.4, -0.2) is 16.5 Å². The number of hydrogen-bond acceptors (Lipinski definition) is 4. The zero-order valence-electron chi connectivity index (χ0n) is 12.1. The second kappa shape index (κ2) is 5.68. The van der Waals surface area contributed by atoms with Crippen LogP contribution in [0.25, 0.3) is 10.8 Å². The number of aromatic nitrogens is 1. The molecule has 0 saturated heterocycles. The third-order valence-electron chi connectivity index (χ3n) is 4.01. The molecular weight excluding hydrogens is 266 g/mol. The van der Waals surface area contributed by atoms with E-state index < -0.39 is 0 Å². The molecule has 1 aromatic carbocycles. The molecule has 0 aliphatic heterocycles. The molecule has 110 valence electrons. The van der Waals surface area contributed by atoms with E-state index in [9.17, 15) is 10.1 Å². The monoisotopic (exact) mass is 285 g/mol. The summed E-state index contributed by atoms with van der Waals surface area (Å²) < 4.78 is 0. The maximum atomic E-state index is 11.1. The third kappa shape index (κ3) is 3.12. The second-order valence-electron chi connectivity index (χ2n) is 5.77. The van der Waals surface area contributed by atoms with E-state index >= 15 is 0 Å². The highest BCUT2D eigenvalue weighted by atomic mass is 16.6. The number of non-ortho nitro benzene ring substituents is 1. The molecule has 0 bridgehead atoms. The van der Waals surface area contributed by atoms with Crippen molar-refractivity contribution in [2.24, 2.45) is 5.92 Å². The number of benzene rings is 1. The van der Waals surface area contributed by atoms with Crippen molar-refractivity contribution in [1.29, 1.82) is 0 Å². The van der Waals surface area contributed by atoms with Crippen molar-refractivity contribution in [3.8, 4) is 0 Å². The summed E-state index contributed by atoms with van der Waals surface area (Å²) in [5.41, 5.74) is 1.93. The van der Waals surface area contributed by atoms with Crippen molar-refractivity contribution < 1.29 is 4.92 Å². The van der Waals surface area contributed by atoms with Gasteiger partial charge in [0.05, 0.1) is 10.3 Å². The Morgan fingerprint density at radius 1 is 1.38 bits per heavy atom. The standard InChI is InChI=1S/C16H19N3O2/c1-11-9-13-14(10-18-11)16(19(20)21)7-6-15(13)17-8-2-3-12-4-5-12/h6-7,9-10,12,17H,2-5,8H2,1H3. The first-order valence-electron chi connectivity index (χ1n) is 7.43. The van der Waals surface area contributed by atoms with Crippen LogP contribution in [0.3, 0.4) is 0 Å². The number of aryl methyl sites for hydroxylation is 1. The minimum absolute atomic E-state index is 0.112. The summed E-state index contributed by atoms with van der Waals surface area (Å²) >= 11 is 0. The molecule has 1 aliphatic rings. The lowest BCUT2D eigenvalue weighted by Gasteiger charge is -2.10. The number of nitrogens with one attached hydrogen (secondary N) is 1. The zero-order valence-corrected chi connectivity index (χ0v) is 12.1. The van der Waals surface area contributed by atoms with Crippen LogP contribution in [0, 0.1) is 23.0 Å². The first-order chi connectivity index (χ1) is 10.1. The summed E-state index contributed by atoms with van der Waals surface area (Å²) in [4.78, 5) is 14.9. The number of anilines is 1.